The zero-order valence-electron chi connectivity index (χ0n) is 14.3. The van der Waals surface area contributed by atoms with E-state index in [0.717, 1.165) is 25.2 Å². The number of methoxy groups -OCH3 is 1. The van der Waals surface area contributed by atoms with E-state index in [2.05, 4.69) is 39.8 Å². The number of hydrogen-bond acceptors (Lipinski definition) is 4. The number of amides is 1. The SMILES string of the molecule is COCCCNC(=O)C(C)Nc1ccc(N2CCCCC2)cc1. The number of carbonyl (C=O) groups is 1. The molecule has 1 fully saturated rings. The van der Waals surface area contributed by atoms with Crippen LogP contribution in [0.15, 0.2) is 24.3 Å². The van der Waals surface area contributed by atoms with Crippen LogP contribution in [0.5, 0.6) is 0 Å². The zero-order chi connectivity index (χ0) is 16.5. The highest BCUT2D eigenvalue weighted by atomic mass is 16.5. The molecule has 1 heterocycles. The van der Waals surface area contributed by atoms with Crippen molar-refractivity contribution in [1.29, 1.82) is 0 Å². The van der Waals surface area contributed by atoms with Crippen molar-refractivity contribution in [2.24, 2.45) is 0 Å². The number of anilines is 2. The molecule has 1 aliphatic heterocycles. The van der Waals surface area contributed by atoms with E-state index in [1.807, 2.05) is 6.92 Å². The van der Waals surface area contributed by atoms with Gasteiger partial charge >= 0.3 is 0 Å². The normalized spacial score (nSPS) is 16.0. The van der Waals surface area contributed by atoms with Gasteiger partial charge in [-0.1, -0.05) is 0 Å². The van der Waals surface area contributed by atoms with E-state index in [1.54, 1.807) is 7.11 Å². The van der Waals surface area contributed by atoms with Crippen molar-refractivity contribution in [3.05, 3.63) is 24.3 Å². The van der Waals surface area contributed by atoms with Gasteiger partial charge in [0.05, 0.1) is 0 Å². The largest absolute Gasteiger partial charge is 0.385 e. The quantitative estimate of drug-likeness (QED) is 0.723. The van der Waals surface area contributed by atoms with Crippen LogP contribution in [0.25, 0.3) is 0 Å². The number of hydrogen-bond donors (Lipinski definition) is 2. The van der Waals surface area contributed by atoms with Crippen LogP contribution in [-0.4, -0.2) is 45.3 Å². The molecule has 0 saturated carbocycles. The molecule has 0 spiro atoms. The maximum atomic E-state index is 12.0. The first-order valence-corrected chi connectivity index (χ1v) is 8.59. The molecule has 5 nitrogen and oxygen atoms in total. The monoisotopic (exact) mass is 319 g/mol. The summed E-state index contributed by atoms with van der Waals surface area (Å²) in [6.45, 7) is 5.48. The Morgan fingerprint density at radius 2 is 1.91 bits per heavy atom. The molecule has 1 saturated heterocycles. The second-order valence-corrected chi connectivity index (χ2v) is 6.10. The third-order valence-corrected chi connectivity index (χ3v) is 4.19. The van der Waals surface area contributed by atoms with Crippen molar-refractivity contribution in [1.82, 2.24) is 5.32 Å². The molecule has 1 aromatic carbocycles. The highest BCUT2D eigenvalue weighted by Gasteiger charge is 2.13. The Morgan fingerprint density at radius 1 is 1.22 bits per heavy atom. The van der Waals surface area contributed by atoms with E-state index < -0.39 is 0 Å². The summed E-state index contributed by atoms with van der Waals surface area (Å²) in [4.78, 5) is 14.4. The van der Waals surface area contributed by atoms with E-state index in [4.69, 9.17) is 4.74 Å². The molecule has 128 valence electrons. The maximum absolute atomic E-state index is 12.0. The Labute approximate surface area is 139 Å². The summed E-state index contributed by atoms with van der Waals surface area (Å²) in [5, 5.41) is 6.16. The second-order valence-electron chi connectivity index (χ2n) is 6.10. The summed E-state index contributed by atoms with van der Waals surface area (Å²) in [6, 6.07) is 8.13. The molecule has 2 N–H and O–H groups in total. The molecule has 0 bridgehead atoms. The molecule has 1 amide bonds. The van der Waals surface area contributed by atoms with E-state index in [1.165, 1.54) is 24.9 Å². The average Bonchev–Trinajstić information content (AvgIpc) is 2.60. The molecule has 1 aliphatic rings. The molecule has 1 aromatic rings. The Balaban J connectivity index is 1.79. The van der Waals surface area contributed by atoms with Gasteiger partial charge in [0.1, 0.15) is 6.04 Å². The van der Waals surface area contributed by atoms with Crippen LogP contribution in [-0.2, 0) is 9.53 Å². The smallest absolute Gasteiger partial charge is 0.242 e. The average molecular weight is 319 g/mol. The summed E-state index contributed by atoms with van der Waals surface area (Å²) in [6.07, 6.45) is 4.73. The molecular formula is C18H29N3O2. The lowest BCUT2D eigenvalue weighted by Crippen LogP contribution is -2.38. The van der Waals surface area contributed by atoms with Crippen LogP contribution in [0.3, 0.4) is 0 Å². The number of rotatable bonds is 8. The van der Waals surface area contributed by atoms with Crippen molar-refractivity contribution in [3.63, 3.8) is 0 Å². The number of nitrogens with zero attached hydrogens (tertiary/aromatic N) is 1. The number of nitrogens with one attached hydrogen (secondary N) is 2. The van der Waals surface area contributed by atoms with Crippen molar-refractivity contribution in [2.75, 3.05) is 43.6 Å². The summed E-state index contributed by atoms with van der Waals surface area (Å²) < 4.78 is 4.97. The zero-order valence-corrected chi connectivity index (χ0v) is 14.3. The van der Waals surface area contributed by atoms with Crippen LogP contribution in [0.2, 0.25) is 0 Å². The molecule has 0 aliphatic carbocycles. The van der Waals surface area contributed by atoms with Crippen LogP contribution >= 0.6 is 0 Å². The van der Waals surface area contributed by atoms with E-state index in [-0.39, 0.29) is 11.9 Å². The second kappa shape index (κ2) is 9.40. The lowest BCUT2D eigenvalue weighted by molar-refractivity contribution is -0.121. The number of ether oxygens (including phenoxy) is 1. The number of piperidine rings is 1. The summed E-state index contributed by atoms with van der Waals surface area (Å²) >= 11 is 0. The van der Waals surface area contributed by atoms with E-state index in [9.17, 15) is 4.79 Å². The first-order chi connectivity index (χ1) is 11.2. The van der Waals surface area contributed by atoms with Gasteiger partial charge in [0.25, 0.3) is 0 Å². The molecule has 1 atom stereocenters. The third kappa shape index (κ3) is 5.75. The highest BCUT2D eigenvalue weighted by molar-refractivity contribution is 5.84. The number of carbonyl (C=O) groups excluding carboxylic acids is 1. The summed E-state index contributed by atoms with van der Waals surface area (Å²) in [5.41, 5.74) is 2.25. The molecule has 0 aromatic heterocycles. The summed E-state index contributed by atoms with van der Waals surface area (Å²) in [5.74, 6) is 0.0150. The van der Waals surface area contributed by atoms with Gasteiger partial charge in [0.2, 0.25) is 5.91 Å². The Hall–Kier alpha value is -1.75. The lowest BCUT2D eigenvalue weighted by Gasteiger charge is -2.29. The van der Waals surface area contributed by atoms with Gasteiger partial charge in [-0.05, 0) is 56.9 Å². The minimum absolute atomic E-state index is 0.0150. The minimum Gasteiger partial charge on any atom is -0.385 e. The van der Waals surface area contributed by atoms with Gasteiger partial charge in [-0.25, -0.2) is 0 Å². The fourth-order valence-corrected chi connectivity index (χ4v) is 2.82. The number of benzene rings is 1. The van der Waals surface area contributed by atoms with Crippen LogP contribution in [0.4, 0.5) is 11.4 Å². The van der Waals surface area contributed by atoms with E-state index >= 15 is 0 Å². The van der Waals surface area contributed by atoms with Crippen molar-refractivity contribution in [3.8, 4) is 0 Å². The van der Waals surface area contributed by atoms with E-state index in [0.29, 0.717) is 13.2 Å². The first kappa shape index (κ1) is 17.6. The van der Waals surface area contributed by atoms with Gasteiger partial charge in [-0.2, -0.15) is 0 Å². The van der Waals surface area contributed by atoms with Crippen molar-refractivity contribution < 1.29 is 9.53 Å². The van der Waals surface area contributed by atoms with Crippen LogP contribution in [0, 0.1) is 0 Å². The summed E-state index contributed by atoms with van der Waals surface area (Å²) in [7, 11) is 1.67. The Bertz CT molecular complexity index is 470. The standard InChI is InChI=1S/C18H29N3O2/c1-15(18(22)19-11-6-14-23-2)20-16-7-9-17(10-8-16)21-12-4-3-5-13-21/h7-10,15,20H,3-6,11-14H2,1-2H3,(H,19,22). The molecular weight excluding hydrogens is 290 g/mol. The van der Waals surface area contributed by atoms with Crippen LogP contribution in [0.1, 0.15) is 32.6 Å². The predicted octanol–water partition coefficient (Wildman–Crippen LogP) is 2.63. The fourth-order valence-electron chi connectivity index (χ4n) is 2.82. The van der Waals surface area contributed by atoms with Crippen LogP contribution < -0.4 is 15.5 Å². The molecule has 23 heavy (non-hydrogen) atoms. The van der Waals surface area contributed by atoms with Gasteiger partial charge in [-0.15, -0.1) is 0 Å². The third-order valence-electron chi connectivity index (χ3n) is 4.19. The van der Waals surface area contributed by atoms with Crippen molar-refractivity contribution >= 4 is 17.3 Å². The van der Waals surface area contributed by atoms with Gasteiger partial charge in [-0.3, -0.25) is 4.79 Å². The van der Waals surface area contributed by atoms with Gasteiger partial charge in [0.15, 0.2) is 0 Å². The predicted molar refractivity (Wildman–Crippen MR) is 95.1 cm³/mol. The molecule has 5 heteroatoms. The first-order valence-electron chi connectivity index (χ1n) is 8.59. The van der Waals surface area contributed by atoms with Crippen molar-refractivity contribution in [2.45, 2.75) is 38.6 Å². The molecule has 1 unspecified atom stereocenters. The van der Waals surface area contributed by atoms with Gasteiger partial charge < -0.3 is 20.3 Å². The Kier molecular flexibility index (Phi) is 7.20. The minimum atomic E-state index is -0.251. The lowest BCUT2D eigenvalue weighted by atomic mass is 10.1. The fraction of sp³-hybridized carbons (Fsp3) is 0.611. The maximum Gasteiger partial charge on any atom is 0.242 e. The Morgan fingerprint density at radius 3 is 2.57 bits per heavy atom. The van der Waals surface area contributed by atoms with Gasteiger partial charge in [0, 0.05) is 44.7 Å². The molecule has 0 radical (unpaired) electrons. The topological polar surface area (TPSA) is 53.6 Å². The molecule has 2 rings (SSSR count). The highest BCUT2D eigenvalue weighted by Crippen LogP contribution is 2.22.